The summed E-state index contributed by atoms with van der Waals surface area (Å²) in [7, 11) is 0. The lowest BCUT2D eigenvalue weighted by Gasteiger charge is -2.27. The molecule has 4 nitrogen and oxygen atoms in total. The second-order valence-corrected chi connectivity index (χ2v) is 10.4. The molecule has 1 aromatic carbocycles. The van der Waals surface area contributed by atoms with Gasteiger partial charge < -0.3 is 9.47 Å². The highest BCUT2D eigenvalue weighted by Crippen LogP contribution is 2.32. The molecular formula is C30H46O4. The zero-order valence-electron chi connectivity index (χ0n) is 21.9. The molecule has 0 aromatic heterocycles. The number of unbranched alkanes of at least 4 members (excludes halogenated alkanes) is 4. The molecule has 0 spiro atoms. The van der Waals surface area contributed by atoms with Crippen LogP contribution >= 0.6 is 0 Å². The van der Waals surface area contributed by atoms with Gasteiger partial charge in [-0.25, -0.2) is 0 Å². The minimum atomic E-state index is -0.405. The van der Waals surface area contributed by atoms with Crippen LogP contribution in [0.5, 0.6) is 5.75 Å². The first-order chi connectivity index (χ1) is 16.4. The summed E-state index contributed by atoms with van der Waals surface area (Å²) in [6.45, 7) is 9.34. The van der Waals surface area contributed by atoms with Gasteiger partial charge in [0.25, 0.3) is 0 Å². The minimum Gasteiger partial charge on any atom is -0.494 e. The molecule has 1 aliphatic carbocycles. The highest BCUT2D eigenvalue weighted by atomic mass is 16.5. The number of esters is 1. The molecule has 0 radical (unpaired) electrons. The molecular weight excluding hydrogens is 424 g/mol. The second-order valence-electron chi connectivity index (χ2n) is 10.4. The van der Waals surface area contributed by atoms with Crippen molar-refractivity contribution in [3.8, 4) is 5.75 Å². The van der Waals surface area contributed by atoms with Crippen molar-refractivity contribution in [1.29, 1.82) is 0 Å². The highest BCUT2D eigenvalue weighted by Gasteiger charge is 2.28. The Bertz CT molecular complexity index is 755. The van der Waals surface area contributed by atoms with Gasteiger partial charge in [0.1, 0.15) is 5.75 Å². The van der Waals surface area contributed by atoms with E-state index in [2.05, 4.69) is 6.92 Å². The van der Waals surface area contributed by atoms with Crippen molar-refractivity contribution in [3.63, 3.8) is 0 Å². The van der Waals surface area contributed by atoms with Crippen molar-refractivity contribution in [3.05, 3.63) is 35.9 Å². The molecule has 1 saturated carbocycles. The van der Waals surface area contributed by atoms with E-state index in [9.17, 15) is 9.59 Å². The number of ether oxygens (including phenoxy) is 2. The van der Waals surface area contributed by atoms with E-state index in [1.54, 1.807) is 6.08 Å². The van der Waals surface area contributed by atoms with Crippen LogP contribution in [-0.2, 0) is 14.3 Å². The summed E-state index contributed by atoms with van der Waals surface area (Å²) in [4.78, 5) is 24.8. The second kappa shape index (κ2) is 15.0. The summed E-state index contributed by atoms with van der Waals surface area (Å²) >= 11 is 0. The Kier molecular flexibility index (Phi) is 12.4. The Balaban J connectivity index is 1.65. The smallest absolute Gasteiger partial charge is 0.311 e. The van der Waals surface area contributed by atoms with Gasteiger partial charge in [0.2, 0.25) is 0 Å². The first kappa shape index (κ1) is 28.1. The van der Waals surface area contributed by atoms with E-state index in [-0.39, 0.29) is 17.7 Å². The summed E-state index contributed by atoms with van der Waals surface area (Å²) in [6, 6.07) is 7.98. The van der Waals surface area contributed by atoms with Crippen LogP contribution in [0.3, 0.4) is 0 Å². The van der Waals surface area contributed by atoms with Gasteiger partial charge in [0.15, 0.2) is 5.78 Å². The largest absolute Gasteiger partial charge is 0.494 e. The zero-order valence-corrected chi connectivity index (χ0v) is 21.9. The summed E-state index contributed by atoms with van der Waals surface area (Å²) in [5, 5.41) is 0. The van der Waals surface area contributed by atoms with Crippen LogP contribution in [0, 0.1) is 17.3 Å². The fourth-order valence-corrected chi connectivity index (χ4v) is 4.28. The van der Waals surface area contributed by atoms with Gasteiger partial charge in [0.05, 0.1) is 18.6 Å². The van der Waals surface area contributed by atoms with Crippen molar-refractivity contribution in [2.45, 2.75) is 98.3 Å². The van der Waals surface area contributed by atoms with E-state index < -0.39 is 5.41 Å². The van der Waals surface area contributed by atoms with Crippen LogP contribution in [0.2, 0.25) is 0 Å². The first-order valence-electron chi connectivity index (χ1n) is 13.5. The maximum absolute atomic E-state index is 12.7. The minimum absolute atomic E-state index is 0.106. The Morgan fingerprint density at radius 2 is 1.62 bits per heavy atom. The fraction of sp³-hybridized carbons (Fsp3) is 0.667. The van der Waals surface area contributed by atoms with Crippen molar-refractivity contribution in [1.82, 2.24) is 0 Å². The van der Waals surface area contributed by atoms with E-state index in [4.69, 9.17) is 9.47 Å². The Hall–Kier alpha value is -2.10. The van der Waals surface area contributed by atoms with E-state index in [0.717, 1.165) is 62.9 Å². The SMILES string of the molecule is CCCCCCCOc1ccc(/C=C/C(=O)C2CCC(CCOC(=O)C(C)(C)CC)CC2)cc1. The number of benzene rings is 1. The number of hydrogen-bond acceptors (Lipinski definition) is 4. The maximum Gasteiger partial charge on any atom is 0.311 e. The van der Waals surface area contributed by atoms with Gasteiger partial charge in [-0.05, 0) is 88.5 Å². The van der Waals surface area contributed by atoms with E-state index >= 15 is 0 Å². The molecule has 1 aromatic rings. The molecule has 0 aliphatic heterocycles. The van der Waals surface area contributed by atoms with Crippen LogP contribution in [0.1, 0.15) is 104 Å². The predicted octanol–water partition coefficient (Wildman–Crippen LogP) is 7.79. The van der Waals surface area contributed by atoms with Gasteiger partial charge in [-0.3, -0.25) is 9.59 Å². The first-order valence-corrected chi connectivity index (χ1v) is 13.5. The quantitative estimate of drug-likeness (QED) is 0.149. The van der Waals surface area contributed by atoms with Crippen LogP contribution in [0.15, 0.2) is 30.3 Å². The Morgan fingerprint density at radius 3 is 2.26 bits per heavy atom. The summed E-state index contributed by atoms with van der Waals surface area (Å²) in [6.07, 6.45) is 15.4. The maximum atomic E-state index is 12.7. The molecule has 4 heteroatoms. The summed E-state index contributed by atoms with van der Waals surface area (Å²) in [5.74, 6) is 1.67. The molecule has 0 N–H and O–H groups in total. The average molecular weight is 471 g/mol. The highest BCUT2D eigenvalue weighted by molar-refractivity contribution is 5.95. The predicted molar refractivity (Wildman–Crippen MR) is 140 cm³/mol. The van der Waals surface area contributed by atoms with Crippen LogP contribution in [0.25, 0.3) is 6.08 Å². The Morgan fingerprint density at radius 1 is 0.941 bits per heavy atom. The molecule has 34 heavy (non-hydrogen) atoms. The van der Waals surface area contributed by atoms with Crippen molar-refractivity contribution in [2.24, 2.45) is 17.3 Å². The number of hydrogen-bond donors (Lipinski definition) is 0. The molecule has 0 amide bonds. The van der Waals surface area contributed by atoms with Crippen LogP contribution in [-0.4, -0.2) is 25.0 Å². The molecule has 0 saturated heterocycles. The third-order valence-corrected chi connectivity index (χ3v) is 7.28. The molecule has 1 aliphatic rings. The van der Waals surface area contributed by atoms with E-state index in [0.29, 0.717) is 12.5 Å². The number of ketones is 1. The number of carbonyl (C=O) groups excluding carboxylic acids is 2. The Labute approximate surface area is 207 Å². The molecule has 2 rings (SSSR count). The molecule has 1 fully saturated rings. The monoisotopic (exact) mass is 470 g/mol. The molecule has 0 heterocycles. The third-order valence-electron chi connectivity index (χ3n) is 7.28. The van der Waals surface area contributed by atoms with Gasteiger partial charge in [-0.15, -0.1) is 0 Å². The molecule has 0 bridgehead atoms. The fourth-order valence-electron chi connectivity index (χ4n) is 4.28. The number of carbonyl (C=O) groups is 2. The normalized spacial score (nSPS) is 18.7. The molecule has 190 valence electrons. The van der Waals surface area contributed by atoms with Gasteiger partial charge in [-0.2, -0.15) is 0 Å². The third kappa shape index (κ3) is 10.0. The lowest BCUT2D eigenvalue weighted by Crippen LogP contribution is -2.27. The molecule has 0 atom stereocenters. The molecule has 0 unspecified atom stereocenters. The lowest BCUT2D eigenvalue weighted by atomic mass is 9.79. The summed E-state index contributed by atoms with van der Waals surface area (Å²) in [5.41, 5.74) is 0.617. The number of allylic oxidation sites excluding steroid dienone is 1. The zero-order chi connectivity index (χ0) is 24.8. The van der Waals surface area contributed by atoms with Crippen molar-refractivity contribution < 1.29 is 19.1 Å². The topological polar surface area (TPSA) is 52.6 Å². The van der Waals surface area contributed by atoms with Gasteiger partial charge in [-0.1, -0.05) is 57.7 Å². The number of rotatable bonds is 15. The van der Waals surface area contributed by atoms with Gasteiger partial charge in [0, 0.05) is 5.92 Å². The standard InChI is InChI=1S/C30H46O4/c1-5-7-8-9-10-22-33-27-18-13-24(14-19-27)15-20-28(31)26-16-11-25(12-17-26)21-23-34-29(32)30(3,4)6-2/h13-15,18-20,25-26H,5-12,16-17,21-23H2,1-4H3/b20-15+. The van der Waals surface area contributed by atoms with Crippen LogP contribution < -0.4 is 4.74 Å². The lowest BCUT2D eigenvalue weighted by molar-refractivity contribution is -0.154. The van der Waals surface area contributed by atoms with E-state index in [1.807, 2.05) is 51.1 Å². The summed E-state index contributed by atoms with van der Waals surface area (Å²) < 4.78 is 11.3. The van der Waals surface area contributed by atoms with E-state index in [1.165, 1.54) is 25.7 Å². The van der Waals surface area contributed by atoms with Crippen molar-refractivity contribution in [2.75, 3.05) is 13.2 Å². The van der Waals surface area contributed by atoms with Gasteiger partial charge >= 0.3 is 5.97 Å². The van der Waals surface area contributed by atoms with Crippen LogP contribution in [0.4, 0.5) is 0 Å². The van der Waals surface area contributed by atoms with Crippen molar-refractivity contribution >= 4 is 17.8 Å². The average Bonchev–Trinajstić information content (AvgIpc) is 2.85.